The van der Waals surface area contributed by atoms with Crippen LogP contribution in [0.4, 0.5) is 11.5 Å². The maximum atomic E-state index is 8.80. The molecule has 0 aliphatic heterocycles. The van der Waals surface area contributed by atoms with Gasteiger partial charge in [-0.1, -0.05) is 6.07 Å². The number of rotatable bonds is 5. The molecule has 2 aromatic heterocycles. The molecular weight excluding hydrogens is 250 g/mol. The number of nitriles is 1. The SMILES string of the molecule is Cc1cc(N(CCC#N)Cc2cccnc2)ncc1N. The van der Waals surface area contributed by atoms with Gasteiger partial charge in [-0.2, -0.15) is 5.26 Å². The molecule has 102 valence electrons. The van der Waals surface area contributed by atoms with Crippen molar-refractivity contribution in [3.05, 3.63) is 47.9 Å². The summed E-state index contributed by atoms with van der Waals surface area (Å²) in [5.74, 6) is 0.829. The lowest BCUT2D eigenvalue weighted by Crippen LogP contribution is -2.25. The quantitative estimate of drug-likeness (QED) is 0.899. The largest absolute Gasteiger partial charge is 0.397 e. The zero-order valence-corrected chi connectivity index (χ0v) is 11.5. The van der Waals surface area contributed by atoms with Gasteiger partial charge in [0.15, 0.2) is 0 Å². The van der Waals surface area contributed by atoms with Crippen LogP contribution in [0, 0.1) is 18.3 Å². The second-order valence-corrected chi connectivity index (χ2v) is 4.59. The van der Waals surface area contributed by atoms with Crippen molar-refractivity contribution < 1.29 is 0 Å². The third kappa shape index (κ3) is 3.45. The standard InChI is InChI=1S/C15H17N5/c1-12-8-15(19-10-14(12)17)20(7-3-5-16)11-13-4-2-6-18-9-13/h2,4,6,8-10H,3,7,11,17H2,1H3. The summed E-state index contributed by atoms with van der Waals surface area (Å²) < 4.78 is 0. The highest BCUT2D eigenvalue weighted by Gasteiger charge is 2.10. The second-order valence-electron chi connectivity index (χ2n) is 4.59. The summed E-state index contributed by atoms with van der Waals surface area (Å²) in [5, 5.41) is 8.80. The van der Waals surface area contributed by atoms with Crippen LogP contribution in [0.1, 0.15) is 17.5 Å². The van der Waals surface area contributed by atoms with Crippen LogP contribution in [0.15, 0.2) is 36.8 Å². The number of anilines is 2. The van der Waals surface area contributed by atoms with Gasteiger partial charge in [0.25, 0.3) is 0 Å². The van der Waals surface area contributed by atoms with Crippen LogP contribution in [-0.2, 0) is 6.54 Å². The van der Waals surface area contributed by atoms with Gasteiger partial charge < -0.3 is 10.6 Å². The molecule has 0 aromatic carbocycles. The van der Waals surface area contributed by atoms with E-state index in [0.29, 0.717) is 25.2 Å². The van der Waals surface area contributed by atoms with E-state index in [1.54, 1.807) is 12.4 Å². The fraction of sp³-hybridized carbons (Fsp3) is 0.267. The average Bonchev–Trinajstić information content (AvgIpc) is 2.47. The van der Waals surface area contributed by atoms with Crippen LogP contribution < -0.4 is 10.6 Å². The van der Waals surface area contributed by atoms with Crippen molar-refractivity contribution in [2.24, 2.45) is 0 Å². The van der Waals surface area contributed by atoms with Crippen LogP contribution >= 0.6 is 0 Å². The number of aryl methyl sites for hydroxylation is 1. The summed E-state index contributed by atoms with van der Waals surface area (Å²) in [6.07, 6.45) is 5.68. The van der Waals surface area contributed by atoms with E-state index < -0.39 is 0 Å². The average molecular weight is 267 g/mol. The lowest BCUT2D eigenvalue weighted by atomic mass is 10.2. The van der Waals surface area contributed by atoms with Gasteiger partial charge in [0.2, 0.25) is 0 Å². The van der Waals surface area contributed by atoms with E-state index in [2.05, 4.69) is 20.9 Å². The first-order valence-electron chi connectivity index (χ1n) is 6.43. The zero-order valence-electron chi connectivity index (χ0n) is 11.5. The van der Waals surface area contributed by atoms with Crippen LogP contribution in [0.2, 0.25) is 0 Å². The number of nitrogen functional groups attached to an aromatic ring is 1. The van der Waals surface area contributed by atoms with Crippen molar-refractivity contribution in [1.29, 1.82) is 5.26 Å². The van der Waals surface area contributed by atoms with Gasteiger partial charge in [0, 0.05) is 25.5 Å². The molecule has 2 heterocycles. The van der Waals surface area contributed by atoms with Gasteiger partial charge >= 0.3 is 0 Å². The Kier molecular flexibility index (Phi) is 4.51. The van der Waals surface area contributed by atoms with Gasteiger partial charge in [-0.05, 0) is 30.2 Å². The molecule has 0 bridgehead atoms. The summed E-state index contributed by atoms with van der Waals surface area (Å²) >= 11 is 0. The van der Waals surface area contributed by atoms with Gasteiger partial charge in [0.05, 0.1) is 24.4 Å². The second kappa shape index (κ2) is 6.53. The van der Waals surface area contributed by atoms with E-state index in [4.69, 9.17) is 11.0 Å². The lowest BCUT2D eigenvalue weighted by Gasteiger charge is -2.23. The predicted molar refractivity (Wildman–Crippen MR) is 78.9 cm³/mol. The van der Waals surface area contributed by atoms with Crippen molar-refractivity contribution in [1.82, 2.24) is 9.97 Å². The summed E-state index contributed by atoms with van der Waals surface area (Å²) in [5.41, 5.74) is 8.55. The molecule has 0 unspecified atom stereocenters. The molecular formula is C15H17N5. The first-order valence-corrected chi connectivity index (χ1v) is 6.43. The van der Waals surface area contributed by atoms with E-state index in [9.17, 15) is 0 Å². The molecule has 0 radical (unpaired) electrons. The van der Waals surface area contributed by atoms with E-state index in [1.165, 1.54) is 0 Å². The molecule has 0 saturated heterocycles. The summed E-state index contributed by atoms with van der Waals surface area (Å²) in [6, 6.07) is 8.03. The predicted octanol–water partition coefficient (Wildman–Crippen LogP) is 2.29. The molecule has 0 amide bonds. The third-order valence-corrected chi connectivity index (χ3v) is 3.05. The maximum Gasteiger partial charge on any atom is 0.129 e. The van der Waals surface area contributed by atoms with Gasteiger partial charge in [0.1, 0.15) is 5.82 Å². The molecule has 0 saturated carbocycles. The molecule has 2 aromatic rings. The number of pyridine rings is 2. The Morgan fingerprint density at radius 1 is 1.40 bits per heavy atom. The number of aromatic nitrogens is 2. The topological polar surface area (TPSA) is 78.8 Å². The molecule has 20 heavy (non-hydrogen) atoms. The first kappa shape index (κ1) is 13.8. The minimum Gasteiger partial charge on any atom is -0.397 e. The fourth-order valence-electron chi connectivity index (χ4n) is 1.90. The van der Waals surface area contributed by atoms with Crippen molar-refractivity contribution in [3.8, 4) is 6.07 Å². The number of nitrogens with two attached hydrogens (primary N) is 1. The van der Waals surface area contributed by atoms with Crippen molar-refractivity contribution in [3.63, 3.8) is 0 Å². The Labute approximate surface area is 118 Å². The molecule has 2 N–H and O–H groups in total. The highest BCUT2D eigenvalue weighted by Crippen LogP contribution is 2.19. The van der Waals surface area contributed by atoms with Crippen molar-refractivity contribution in [2.45, 2.75) is 19.9 Å². The molecule has 5 heteroatoms. The van der Waals surface area contributed by atoms with E-state index in [0.717, 1.165) is 16.9 Å². The Morgan fingerprint density at radius 3 is 2.90 bits per heavy atom. The van der Waals surface area contributed by atoms with Crippen molar-refractivity contribution in [2.75, 3.05) is 17.2 Å². The summed E-state index contributed by atoms with van der Waals surface area (Å²) in [6.45, 7) is 3.25. The zero-order chi connectivity index (χ0) is 14.4. The van der Waals surface area contributed by atoms with Crippen LogP contribution in [-0.4, -0.2) is 16.5 Å². The number of nitrogens with zero attached hydrogens (tertiary/aromatic N) is 4. The highest BCUT2D eigenvalue weighted by atomic mass is 15.2. The fourth-order valence-corrected chi connectivity index (χ4v) is 1.90. The normalized spacial score (nSPS) is 10.0. The van der Waals surface area contributed by atoms with E-state index >= 15 is 0 Å². The molecule has 0 fully saturated rings. The maximum absolute atomic E-state index is 8.80. The monoisotopic (exact) mass is 267 g/mol. The van der Waals surface area contributed by atoms with E-state index in [1.807, 2.05) is 31.3 Å². The van der Waals surface area contributed by atoms with E-state index in [-0.39, 0.29) is 0 Å². The first-order chi connectivity index (χ1) is 9.70. The minimum atomic E-state index is 0.450. The Morgan fingerprint density at radius 2 is 2.25 bits per heavy atom. The van der Waals surface area contributed by atoms with Crippen LogP contribution in [0.5, 0.6) is 0 Å². The Bertz CT molecular complexity index is 603. The lowest BCUT2D eigenvalue weighted by molar-refractivity contribution is 0.780. The molecule has 2 rings (SSSR count). The Hall–Kier alpha value is -2.61. The summed E-state index contributed by atoms with van der Waals surface area (Å²) in [7, 11) is 0. The molecule has 0 atom stereocenters. The van der Waals surface area contributed by atoms with Gasteiger partial charge in [-0.15, -0.1) is 0 Å². The van der Waals surface area contributed by atoms with Crippen LogP contribution in [0.25, 0.3) is 0 Å². The molecule has 0 aliphatic carbocycles. The highest BCUT2D eigenvalue weighted by molar-refractivity contribution is 5.52. The molecule has 5 nitrogen and oxygen atoms in total. The third-order valence-electron chi connectivity index (χ3n) is 3.05. The number of hydrogen-bond donors (Lipinski definition) is 1. The van der Waals surface area contributed by atoms with Crippen LogP contribution in [0.3, 0.4) is 0 Å². The van der Waals surface area contributed by atoms with Crippen molar-refractivity contribution >= 4 is 11.5 Å². The molecule has 0 aliphatic rings. The van der Waals surface area contributed by atoms with Gasteiger partial charge in [-0.3, -0.25) is 4.98 Å². The molecule has 0 spiro atoms. The Balaban J connectivity index is 2.22. The summed E-state index contributed by atoms with van der Waals surface area (Å²) in [4.78, 5) is 10.5. The minimum absolute atomic E-state index is 0.450. The number of hydrogen-bond acceptors (Lipinski definition) is 5. The smallest absolute Gasteiger partial charge is 0.129 e. The van der Waals surface area contributed by atoms with Gasteiger partial charge in [-0.25, -0.2) is 4.98 Å².